The number of benzene rings is 2. The van der Waals surface area contributed by atoms with Crippen molar-refractivity contribution in [1.29, 1.82) is 0 Å². The predicted octanol–water partition coefficient (Wildman–Crippen LogP) is 7.85. The molecule has 0 saturated carbocycles. The van der Waals surface area contributed by atoms with Gasteiger partial charge in [-0.1, -0.05) is 77.6 Å². The Bertz CT molecular complexity index is 1250. The van der Waals surface area contributed by atoms with E-state index in [2.05, 4.69) is 22.4 Å². The third-order valence-corrected chi connectivity index (χ3v) is 6.88. The van der Waals surface area contributed by atoms with Gasteiger partial charge in [0, 0.05) is 29.6 Å². The Kier molecular flexibility index (Phi) is 14.6. The van der Waals surface area contributed by atoms with Gasteiger partial charge in [-0.15, -0.1) is 0 Å². The lowest BCUT2D eigenvalue weighted by Gasteiger charge is -2.08. The number of esters is 1. The number of phenols is 1. The minimum atomic E-state index is -0.548. The molecule has 0 bridgehead atoms. The van der Waals surface area contributed by atoms with Crippen molar-refractivity contribution in [3.8, 4) is 17.2 Å². The number of carbonyl (C=O) groups excluding carboxylic acids is 2. The first-order valence-electron chi connectivity index (χ1n) is 15.1. The van der Waals surface area contributed by atoms with Crippen molar-refractivity contribution in [2.45, 2.75) is 84.0 Å². The van der Waals surface area contributed by atoms with Gasteiger partial charge in [-0.05, 0) is 55.0 Å². The summed E-state index contributed by atoms with van der Waals surface area (Å²) in [5, 5.41) is 14.2. The molecule has 42 heavy (non-hydrogen) atoms. The SMILES string of the molecule is CCCCCCCCCCCCCCOc1ccc(C(=O)Oc2ccc(/C=N/NC(=O)c3ccncc3)c(O)c2)cc1. The van der Waals surface area contributed by atoms with E-state index in [0.717, 1.165) is 6.42 Å². The summed E-state index contributed by atoms with van der Waals surface area (Å²) < 4.78 is 11.2. The highest BCUT2D eigenvalue weighted by Crippen LogP contribution is 2.24. The Labute approximate surface area is 249 Å². The number of pyridine rings is 1. The normalized spacial score (nSPS) is 11.0. The molecule has 2 aromatic carbocycles. The van der Waals surface area contributed by atoms with Crippen LogP contribution >= 0.6 is 0 Å². The number of nitrogens with one attached hydrogen (secondary N) is 1. The van der Waals surface area contributed by atoms with E-state index in [0.29, 0.717) is 29.0 Å². The van der Waals surface area contributed by atoms with Crippen LogP contribution in [0.1, 0.15) is 110 Å². The zero-order valence-electron chi connectivity index (χ0n) is 24.6. The minimum Gasteiger partial charge on any atom is -0.507 e. The third kappa shape index (κ3) is 12.1. The number of unbranched alkanes of at least 4 members (excludes halogenated alkanes) is 11. The van der Waals surface area contributed by atoms with Gasteiger partial charge in [-0.3, -0.25) is 9.78 Å². The van der Waals surface area contributed by atoms with Gasteiger partial charge in [0.1, 0.15) is 17.2 Å². The molecule has 224 valence electrons. The van der Waals surface area contributed by atoms with Crippen molar-refractivity contribution >= 4 is 18.1 Å². The molecule has 0 spiro atoms. The molecule has 3 aromatic rings. The van der Waals surface area contributed by atoms with Crippen LogP contribution in [-0.2, 0) is 0 Å². The van der Waals surface area contributed by atoms with Crippen molar-refractivity contribution in [2.24, 2.45) is 5.10 Å². The average molecular weight is 574 g/mol. The first-order valence-corrected chi connectivity index (χ1v) is 15.1. The van der Waals surface area contributed by atoms with Gasteiger partial charge in [0.15, 0.2) is 0 Å². The molecule has 0 aliphatic carbocycles. The van der Waals surface area contributed by atoms with Crippen LogP contribution in [0.4, 0.5) is 0 Å². The molecule has 1 amide bonds. The summed E-state index contributed by atoms with van der Waals surface area (Å²) in [6.07, 6.45) is 19.9. The highest BCUT2D eigenvalue weighted by atomic mass is 16.5. The van der Waals surface area contributed by atoms with E-state index in [-0.39, 0.29) is 11.5 Å². The van der Waals surface area contributed by atoms with E-state index in [9.17, 15) is 14.7 Å². The average Bonchev–Trinajstić information content (AvgIpc) is 3.01. The number of aromatic nitrogens is 1. The summed E-state index contributed by atoms with van der Waals surface area (Å²) >= 11 is 0. The molecule has 1 heterocycles. The number of aromatic hydroxyl groups is 1. The molecule has 1 aromatic heterocycles. The van der Waals surface area contributed by atoms with Crippen LogP contribution in [0.5, 0.6) is 17.2 Å². The van der Waals surface area contributed by atoms with Crippen LogP contribution in [0.3, 0.4) is 0 Å². The Hall–Kier alpha value is -4.20. The van der Waals surface area contributed by atoms with Crippen LogP contribution < -0.4 is 14.9 Å². The van der Waals surface area contributed by atoms with Crippen molar-refractivity contribution < 1.29 is 24.2 Å². The number of carbonyl (C=O) groups is 2. The summed E-state index contributed by atoms with van der Waals surface area (Å²) in [6, 6.07) is 14.3. The highest BCUT2D eigenvalue weighted by Gasteiger charge is 2.11. The van der Waals surface area contributed by atoms with E-state index >= 15 is 0 Å². The highest BCUT2D eigenvalue weighted by molar-refractivity contribution is 5.95. The van der Waals surface area contributed by atoms with Gasteiger partial charge in [-0.2, -0.15) is 5.10 Å². The lowest BCUT2D eigenvalue weighted by molar-refractivity contribution is 0.0734. The van der Waals surface area contributed by atoms with E-state index < -0.39 is 11.9 Å². The zero-order valence-corrected chi connectivity index (χ0v) is 24.6. The number of hydrogen-bond donors (Lipinski definition) is 2. The molecule has 0 saturated heterocycles. The molecule has 8 heteroatoms. The molecular formula is C34H43N3O5. The van der Waals surface area contributed by atoms with Gasteiger partial charge in [0.2, 0.25) is 0 Å². The monoisotopic (exact) mass is 573 g/mol. The van der Waals surface area contributed by atoms with E-state index in [1.165, 1.54) is 107 Å². The summed E-state index contributed by atoms with van der Waals surface area (Å²) in [5.74, 6) is -0.203. The van der Waals surface area contributed by atoms with Crippen LogP contribution in [0.25, 0.3) is 0 Å². The molecule has 0 aliphatic rings. The Morgan fingerprint density at radius 1 is 0.786 bits per heavy atom. The lowest BCUT2D eigenvalue weighted by atomic mass is 10.1. The molecule has 2 N–H and O–H groups in total. The fourth-order valence-electron chi connectivity index (χ4n) is 4.41. The van der Waals surface area contributed by atoms with Gasteiger partial charge >= 0.3 is 5.97 Å². The number of phenolic OH excluding ortho intramolecular Hbond substituents is 1. The summed E-state index contributed by atoms with van der Waals surface area (Å²) in [7, 11) is 0. The van der Waals surface area contributed by atoms with Crippen LogP contribution in [-0.4, -0.2) is 34.8 Å². The first-order chi connectivity index (χ1) is 20.6. The third-order valence-electron chi connectivity index (χ3n) is 6.88. The number of nitrogens with zero attached hydrogens (tertiary/aromatic N) is 2. The topological polar surface area (TPSA) is 110 Å². The fourth-order valence-corrected chi connectivity index (χ4v) is 4.41. The molecule has 0 aliphatic heterocycles. The van der Waals surface area contributed by atoms with Crippen molar-refractivity contribution in [1.82, 2.24) is 10.4 Å². The smallest absolute Gasteiger partial charge is 0.343 e. The minimum absolute atomic E-state index is 0.149. The molecule has 0 radical (unpaired) electrons. The van der Waals surface area contributed by atoms with E-state index in [1.807, 2.05) is 0 Å². The Morgan fingerprint density at radius 3 is 2.00 bits per heavy atom. The summed E-state index contributed by atoms with van der Waals surface area (Å²) in [4.78, 5) is 28.5. The van der Waals surface area contributed by atoms with Gasteiger partial charge in [-0.25, -0.2) is 10.2 Å². The van der Waals surface area contributed by atoms with E-state index in [4.69, 9.17) is 9.47 Å². The standard InChI is InChI=1S/C34H43N3O5/c1-2-3-4-5-6-7-8-9-10-11-12-13-24-41-30-17-14-28(15-18-30)34(40)42-31-19-16-29(32(38)25-31)26-36-37-33(39)27-20-22-35-23-21-27/h14-23,25-26,38H,2-13,24H2,1H3,(H,37,39)/b36-26+. The maximum Gasteiger partial charge on any atom is 0.343 e. The number of ether oxygens (including phenoxy) is 2. The molecule has 0 atom stereocenters. The molecule has 8 nitrogen and oxygen atoms in total. The van der Waals surface area contributed by atoms with Gasteiger partial charge < -0.3 is 14.6 Å². The second kappa shape index (κ2) is 19.0. The van der Waals surface area contributed by atoms with Crippen LogP contribution in [0.15, 0.2) is 72.1 Å². The van der Waals surface area contributed by atoms with Gasteiger partial charge in [0.25, 0.3) is 5.91 Å². The maximum atomic E-state index is 12.6. The maximum absolute atomic E-state index is 12.6. The second-order valence-electron chi connectivity index (χ2n) is 10.3. The number of rotatable bonds is 19. The number of hydrogen-bond acceptors (Lipinski definition) is 7. The summed E-state index contributed by atoms with van der Waals surface area (Å²) in [5.41, 5.74) is 3.51. The van der Waals surface area contributed by atoms with Crippen molar-refractivity contribution in [3.63, 3.8) is 0 Å². The van der Waals surface area contributed by atoms with Crippen LogP contribution in [0, 0.1) is 0 Å². The number of hydrazone groups is 1. The summed E-state index contributed by atoms with van der Waals surface area (Å²) in [6.45, 7) is 2.91. The largest absolute Gasteiger partial charge is 0.507 e. The number of amides is 1. The molecular weight excluding hydrogens is 530 g/mol. The van der Waals surface area contributed by atoms with E-state index in [1.54, 1.807) is 36.4 Å². The Morgan fingerprint density at radius 2 is 1.38 bits per heavy atom. The Balaban J connectivity index is 1.31. The first kappa shape index (κ1) is 32.3. The second-order valence-corrected chi connectivity index (χ2v) is 10.3. The predicted molar refractivity (Wildman–Crippen MR) is 165 cm³/mol. The van der Waals surface area contributed by atoms with Crippen molar-refractivity contribution in [2.75, 3.05) is 6.61 Å². The van der Waals surface area contributed by atoms with Crippen LogP contribution in [0.2, 0.25) is 0 Å². The quantitative estimate of drug-likeness (QED) is 0.0497. The molecule has 0 fully saturated rings. The van der Waals surface area contributed by atoms with Gasteiger partial charge in [0.05, 0.1) is 18.4 Å². The zero-order chi connectivity index (χ0) is 29.8. The molecule has 0 unspecified atom stereocenters. The fraction of sp³-hybridized carbons (Fsp3) is 0.412. The lowest BCUT2D eigenvalue weighted by Crippen LogP contribution is -2.17. The van der Waals surface area contributed by atoms with Crippen molar-refractivity contribution in [3.05, 3.63) is 83.7 Å². The molecule has 3 rings (SSSR count).